The van der Waals surface area contributed by atoms with Crippen molar-refractivity contribution in [2.24, 2.45) is 5.92 Å². The SMILES string of the molecule is CC[C@H]1CC[C@H](n2cc3cc(NC(=O)c4ncccc4Cl)c(OC)cc3n2)CC1. The van der Waals surface area contributed by atoms with E-state index in [1.165, 1.54) is 19.3 Å². The van der Waals surface area contributed by atoms with Gasteiger partial charge in [0.15, 0.2) is 0 Å². The fraction of sp³-hybridized carbons (Fsp3) is 0.409. The standard InChI is InChI=1S/C22H25ClN4O2/c1-3-14-6-8-16(9-7-14)27-13-15-11-19(20(29-2)12-18(15)26-27)25-22(28)21-17(23)5-4-10-24-21/h4-5,10-14,16H,3,6-9H2,1-2H3,(H,25,28)/t14-,16-. The number of anilines is 1. The Kier molecular flexibility index (Phi) is 5.72. The zero-order valence-corrected chi connectivity index (χ0v) is 17.4. The van der Waals surface area contributed by atoms with Crippen LogP contribution in [-0.2, 0) is 0 Å². The van der Waals surface area contributed by atoms with Crippen LogP contribution in [0.4, 0.5) is 5.69 Å². The van der Waals surface area contributed by atoms with E-state index in [0.717, 1.165) is 29.7 Å². The minimum atomic E-state index is -0.376. The molecule has 1 amide bonds. The van der Waals surface area contributed by atoms with Gasteiger partial charge in [0.05, 0.1) is 29.4 Å². The first kappa shape index (κ1) is 19.7. The third-order valence-corrected chi connectivity index (χ3v) is 6.14. The molecule has 152 valence electrons. The van der Waals surface area contributed by atoms with Crippen LogP contribution in [0.1, 0.15) is 55.6 Å². The molecule has 0 atom stereocenters. The predicted molar refractivity (Wildman–Crippen MR) is 115 cm³/mol. The number of aromatic nitrogens is 3. The van der Waals surface area contributed by atoms with Gasteiger partial charge in [0.25, 0.3) is 5.91 Å². The molecular weight excluding hydrogens is 388 g/mol. The van der Waals surface area contributed by atoms with Crippen molar-refractivity contribution in [1.29, 1.82) is 0 Å². The Bertz CT molecular complexity index is 1020. The maximum Gasteiger partial charge on any atom is 0.275 e. The summed E-state index contributed by atoms with van der Waals surface area (Å²) in [6.07, 6.45) is 9.69. The molecule has 3 aromatic rings. The van der Waals surface area contributed by atoms with Gasteiger partial charge in [-0.05, 0) is 49.8 Å². The molecule has 1 N–H and O–H groups in total. The molecule has 7 heteroatoms. The molecule has 0 saturated heterocycles. The summed E-state index contributed by atoms with van der Waals surface area (Å²) >= 11 is 6.10. The minimum absolute atomic E-state index is 0.180. The highest BCUT2D eigenvalue weighted by Gasteiger charge is 2.23. The maximum atomic E-state index is 12.6. The highest BCUT2D eigenvalue weighted by atomic mass is 35.5. The number of carbonyl (C=O) groups is 1. The molecule has 0 unspecified atom stereocenters. The molecule has 0 radical (unpaired) electrons. The van der Waals surface area contributed by atoms with E-state index in [1.54, 1.807) is 25.4 Å². The summed E-state index contributed by atoms with van der Waals surface area (Å²) in [4.78, 5) is 16.7. The molecule has 2 aromatic heterocycles. The lowest BCUT2D eigenvalue weighted by Gasteiger charge is -2.27. The Hall–Kier alpha value is -2.60. The first-order valence-corrected chi connectivity index (χ1v) is 10.5. The van der Waals surface area contributed by atoms with Gasteiger partial charge in [0.2, 0.25) is 0 Å². The van der Waals surface area contributed by atoms with Crippen molar-refractivity contribution in [2.75, 3.05) is 12.4 Å². The molecule has 1 aliphatic rings. The molecule has 29 heavy (non-hydrogen) atoms. The number of hydrogen-bond donors (Lipinski definition) is 1. The number of nitrogens with zero attached hydrogens (tertiary/aromatic N) is 3. The predicted octanol–water partition coefficient (Wildman–Crippen LogP) is 5.49. The number of methoxy groups -OCH3 is 1. The van der Waals surface area contributed by atoms with Crippen molar-refractivity contribution in [1.82, 2.24) is 14.8 Å². The monoisotopic (exact) mass is 412 g/mol. The maximum absolute atomic E-state index is 12.6. The van der Waals surface area contributed by atoms with Gasteiger partial charge in [-0.2, -0.15) is 5.10 Å². The summed E-state index contributed by atoms with van der Waals surface area (Å²) in [5, 5.41) is 8.91. The molecule has 1 aliphatic carbocycles. The third-order valence-electron chi connectivity index (χ3n) is 5.83. The zero-order chi connectivity index (χ0) is 20.4. The second-order valence-corrected chi connectivity index (χ2v) is 8.00. The fourth-order valence-electron chi connectivity index (χ4n) is 4.08. The van der Waals surface area contributed by atoms with Gasteiger partial charge < -0.3 is 10.1 Å². The first-order chi connectivity index (χ1) is 14.1. The number of fused-ring (bicyclic) bond motifs is 1. The number of carbonyl (C=O) groups excluding carboxylic acids is 1. The Labute approximate surface area is 175 Å². The van der Waals surface area contributed by atoms with Crippen molar-refractivity contribution >= 4 is 34.1 Å². The second kappa shape index (κ2) is 8.41. The van der Waals surface area contributed by atoms with Gasteiger partial charge in [-0.25, -0.2) is 4.98 Å². The minimum Gasteiger partial charge on any atom is -0.494 e. The Morgan fingerprint density at radius 2 is 2.10 bits per heavy atom. The Morgan fingerprint density at radius 1 is 1.31 bits per heavy atom. The average Bonchev–Trinajstić information content (AvgIpc) is 3.16. The molecule has 4 rings (SSSR count). The number of ether oxygens (including phenoxy) is 1. The van der Waals surface area contributed by atoms with E-state index in [9.17, 15) is 4.79 Å². The molecular formula is C22H25ClN4O2. The van der Waals surface area contributed by atoms with Crippen LogP contribution in [0.3, 0.4) is 0 Å². The van der Waals surface area contributed by atoms with Gasteiger partial charge in [-0.3, -0.25) is 9.48 Å². The van der Waals surface area contributed by atoms with Crippen molar-refractivity contribution < 1.29 is 9.53 Å². The van der Waals surface area contributed by atoms with E-state index in [2.05, 4.69) is 28.1 Å². The molecule has 1 fully saturated rings. The number of benzene rings is 1. The number of amides is 1. The normalized spacial score (nSPS) is 19.3. The van der Waals surface area contributed by atoms with Crippen LogP contribution in [0, 0.1) is 5.92 Å². The number of pyridine rings is 1. The van der Waals surface area contributed by atoms with Crippen LogP contribution in [0.5, 0.6) is 5.75 Å². The number of halogens is 1. The largest absolute Gasteiger partial charge is 0.494 e. The lowest BCUT2D eigenvalue weighted by molar-refractivity contribution is 0.102. The van der Waals surface area contributed by atoms with E-state index in [0.29, 0.717) is 22.5 Å². The Morgan fingerprint density at radius 3 is 2.79 bits per heavy atom. The van der Waals surface area contributed by atoms with Crippen molar-refractivity contribution in [3.63, 3.8) is 0 Å². The summed E-state index contributed by atoms with van der Waals surface area (Å²) in [5.74, 6) is 1.02. The number of rotatable bonds is 5. The summed E-state index contributed by atoms with van der Waals surface area (Å²) in [5.41, 5.74) is 1.61. The van der Waals surface area contributed by atoms with Crippen LogP contribution in [-0.4, -0.2) is 27.8 Å². The first-order valence-electron chi connectivity index (χ1n) is 10.1. The van der Waals surface area contributed by atoms with Gasteiger partial charge in [0.1, 0.15) is 11.4 Å². The molecule has 1 aromatic carbocycles. The molecule has 6 nitrogen and oxygen atoms in total. The molecule has 1 saturated carbocycles. The van der Waals surface area contributed by atoms with Crippen molar-refractivity contribution in [3.8, 4) is 5.75 Å². The smallest absolute Gasteiger partial charge is 0.275 e. The third kappa shape index (κ3) is 4.08. The van der Waals surface area contributed by atoms with Crippen LogP contribution >= 0.6 is 11.6 Å². The fourth-order valence-corrected chi connectivity index (χ4v) is 4.28. The topological polar surface area (TPSA) is 69.0 Å². The lowest BCUT2D eigenvalue weighted by Crippen LogP contribution is -2.18. The van der Waals surface area contributed by atoms with Crippen molar-refractivity contribution in [3.05, 3.63) is 47.4 Å². The Balaban J connectivity index is 1.60. The van der Waals surface area contributed by atoms with E-state index in [1.807, 2.05) is 12.1 Å². The lowest BCUT2D eigenvalue weighted by atomic mass is 9.85. The molecule has 2 heterocycles. The van der Waals surface area contributed by atoms with Gasteiger partial charge in [-0.1, -0.05) is 24.9 Å². The molecule has 0 bridgehead atoms. The van der Waals surface area contributed by atoms with Gasteiger partial charge in [-0.15, -0.1) is 0 Å². The highest BCUT2D eigenvalue weighted by Crippen LogP contribution is 2.36. The van der Waals surface area contributed by atoms with Crippen molar-refractivity contribution in [2.45, 2.75) is 45.1 Å². The van der Waals surface area contributed by atoms with Crippen LogP contribution in [0.25, 0.3) is 10.9 Å². The summed E-state index contributed by atoms with van der Waals surface area (Å²) in [7, 11) is 1.58. The summed E-state index contributed by atoms with van der Waals surface area (Å²) < 4.78 is 7.57. The molecule has 0 aliphatic heterocycles. The zero-order valence-electron chi connectivity index (χ0n) is 16.7. The summed E-state index contributed by atoms with van der Waals surface area (Å²) in [6.45, 7) is 2.27. The van der Waals surface area contributed by atoms with E-state index >= 15 is 0 Å². The van der Waals surface area contributed by atoms with E-state index in [-0.39, 0.29) is 11.6 Å². The number of hydrogen-bond acceptors (Lipinski definition) is 4. The molecule has 0 spiro atoms. The van der Waals surface area contributed by atoms with E-state index < -0.39 is 0 Å². The second-order valence-electron chi connectivity index (χ2n) is 7.59. The quantitative estimate of drug-likeness (QED) is 0.601. The van der Waals surface area contributed by atoms with E-state index in [4.69, 9.17) is 21.4 Å². The summed E-state index contributed by atoms with van der Waals surface area (Å²) in [6, 6.07) is 7.51. The van der Waals surface area contributed by atoms with Crippen LogP contribution in [0.2, 0.25) is 5.02 Å². The van der Waals surface area contributed by atoms with Crippen LogP contribution in [0.15, 0.2) is 36.7 Å². The highest BCUT2D eigenvalue weighted by molar-refractivity contribution is 6.34. The van der Waals surface area contributed by atoms with Gasteiger partial charge in [0, 0.05) is 23.8 Å². The number of nitrogens with one attached hydrogen (secondary N) is 1. The average molecular weight is 413 g/mol. The van der Waals surface area contributed by atoms with Gasteiger partial charge >= 0.3 is 0 Å². The van der Waals surface area contributed by atoms with Crippen LogP contribution < -0.4 is 10.1 Å².